The Labute approximate surface area is 156 Å². The molecule has 3 atom stereocenters. The number of rotatable bonds is 4. The van der Waals surface area contributed by atoms with Crippen LogP contribution in [0.3, 0.4) is 0 Å². The number of hydrogen-bond acceptors (Lipinski definition) is 2. The lowest BCUT2D eigenvalue weighted by atomic mass is 9.75. The first-order chi connectivity index (χ1) is 12.2. The van der Waals surface area contributed by atoms with Gasteiger partial charge in [-0.2, -0.15) is 0 Å². The van der Waals surface area contributed by atoms with Gasteiger partial charge in [0.2, 0.25) is 5.78 Å². The third kappa shape index (κ3) is 3.51. The SMILES string of the molecule is CC(C)(C)S(=O)N[C@H](c1ccccc1)[C@]1(F)CCc2ccccc2C1=O. The van der Waals surface area contributed by atoms with Gasteiger partial charge in [-0.25, -0.2) is 13.3 Å². The van der Waals surface area contributed by atoms with Gasteiger partial charge < -0.3 is 0 Å². The second-order valence-corrected chi connectivity index (χ2v) is 9.69. The lowest BCUT2D eigenvalue weighted by Gasteiger charge is -2.37. The molecule has 5 heteroatoms. The van der Waals surface area contributed by atoms with E-state index in [9.17, 15) is 9.00 Å². The van der Waals surface area contributed by atoms with Crippen molar-refractivity contribution >= 4 is 16.8 Å². The maximum absolute atomic E-state index is 16.2. The molecule has 0 heterocycles. The first-order valence-electron chi connectivity index (χ1n) is 8.78. The summed E-state index contributed by atoms with van der Waals surface area (Å²) in [5, 5.41) is 0. The van der Waals surface area contributed by atoms with Gasteiger partial charge in [-0.3, -0.25) is 4.79 Å². The highest BCUT2D eigenvalue weighted by Gasteiger charge is 2.50. The molecule has 2 aromatic rings. The third-order valence-corrected chi connectivity index (χ3v) is 6.33. The van der Waals surface area contributed by atoms with Crippen LogP contribution in [0, 0.1) is 0 Å². The molecule has 3 rings (SSSR count). The smallest absolute Gasteiger partial charge is 0.202 e. The Hall–Kier alpha value is -1.85. The van der Waals surface area contributed by atoms with Crippen LogP contribution in [-0.4, -0.2) is 20.4 Å². The molecule has 0 amide bonds. The van der Waals surface area contributed by atoms with Crippen molar-refractivity contribution in [2.45, 2.75) is 50.1 Å². The van der Waals surface area contributed by atoms with Crippen LogP contribution in [0.4, 0.5) is 4.39 Å². The van der Waals surface area contributed by atoms with Crippen molar-refractivity contribution in [3.63, 3.8) is 0 Å². The number of nitrogens with one attached hydrogen (secondary N) is 1. The van der Waals surface area contributed by atoms with Crippen LogP contribution in [0.15, 0.2) is 54.6 Å². The molecule has 0 saturated carbocycles. The Balaban J connectivity index is 2.04. The number of hydrogen-bond donors (Lipinski definition) is 1. The standard InChI is InChI=1S/C21H24FNO2S/c1-20(2,3)26(25)23-18(16-10-5-4-6-11-16)21(22)14-13-15-9-7-8-12-17(15)19(21)24/h4-12,18,23H,13-14H2,1-3H3/t18-,21-,26?/m1/s1. The zero-order valence-corrected chi connectivity index (χ0v) is 16.1. The monoisotopic (exact) mass is 373 g/mol. The Morgan fingerprint density at radius 1 is 1.08 bits per heavy atom. The number of Topliss-reactive ketones (excluding diaryl/α,β-unsaturated/α-hetero) is 1. The minimum atomic E-state index is -2.14. The number of carbonyl (C=O) groups is 1. The average Bonchev–Trinajstić information content (AvgIpc) is 2.63. The van der Waals surface area contributed by atoms with Crippen molar-refractivity contribution < 1.29 is 13.4 Å². The third-order valence-electron chi connectivity index (χ3n) is 4.77. The van der Waals surface area contributed by atoms with Crippen molar-refractivity contribution in [2.75, 3.05) is 0 Å². The highest BCUT2D eigenvalue weighted by atomic mass is 32.2. The quantitative estimate of drug-likeness (QED) is 0.868. The van der Waals surface area contributed by atoms with Gasteiger partial charge >= 0.3 is 0 Å². The molecule has 0 aliphatic heterocycles. The molecule has 0 fully saturated rings. The van der Waals surface area contributed by atoms with E-state index in [0.29, 0.717) is 17.5 Å². The number of fused-ring (bicyclic) bond motifs is 1. The molecule has 1 unspecified atom stereocenters. The first-order valence-corrected chi connectivity index (χ1v) is 9.93. The van der Waals surface area contributed by atoms with E-state index in [1.807, 2.05) is 39.0 Å². The maximum Gasteiger partial charge on any atom is 0.202 e. The van der Waals surface area contributed by atoms with Crippen LogP contribution < -0.4 is 4.72 Å². The molecule has 1 aliphatic rings. The largest absolute Gasteiger partial charge is 0.290 e. The Morgan fingerprint density at radius 3 is 2.35 bits per heavy atom. The van der Waals surface area contributed by atoms with Gasteiger partial charge in [0.25, 0.3) is 0 Å². The van der Waals surface area contributed by atoms with Gasteiger partial charge in [-0.1, -0.05) is 54.6 Å². The average molecular weight is 373 g/mol. The van der Waals surface area contributed by atoms with Crippen LogP contribution in [0.1, 0.15) is 54.7 Å². The molecule has 2 aromatic carbocycles. The summed E-state index contributed by atoms with van der Waals surface area (Å²) in [6.07, 6.45) is 0.544. The van der Waals surface area contributed by atoms with Crippen molar-refractivity contribution in [3.8, 4) is 0 Å². The molecule has 1 aliphatic carbocycles. The summed E-state index contributed by atoms with van der Waals surface area (Å²) >= 11 is 0. The minimum Gasteiger partial charge on any atom is -0.290 e. The number of alkyl halides is 1. The van der Waals surface area contributed by atoms with Gasteiger partial charge in [0.1, 0.15) is 0 Å². The van der Waals surface area contributed by atoms with Gasteiger partial charge in [-0.15, -0.1) is 0 Å². The molecule has 0 bridgehead atoms. The predicted octanol–water partition coefficient (Wildman–Crippen LogP) is 4.32. The Kier molecular flexibility index (Phi) is 5.13. The topological polar surface area (TPSA) is 46.2 Å². The molecule has 0 radical (unpaired) electrons. The van der Waals surface area contributed by atoms with Crippen molar-refractivity contribution in [2.24, 2.45) is 0 Å². The number of aryl methyl sites for hydroxylation is 1. The summed E-state index contributed by atoms with van der Waals surface area (Å²) in [5.41, 5.74) is -0.225. The fourth-order valence-corrected chi connectivity index (χ4v) is 4.13. The highest BCUT2D eigenvalue weighted by molar-refractivity contribution is 7.84. The zero-order chi connectivity index (χ0) is 18.9. The summed E-state index contributed by atoms with van der Waals surface area (Å²) in [6.45, 7) is 5.46. The summed E-state index contributed by atoms with van der Waals surface area (Å²) in [4.78, 5) is 13.1. The van der Waals surface area contributed by atoms with E-state index in [1.165, 1.54) is 0 Å². The van der Waals surface area contributed by atoms with E-state index in [2.05, 4.69) is 4.72 Å². The van der Waals surface area contributed by atoms with Crippen molar-refractivity contribution in [3.05, 3.63) is 71.3 Å². The lowest BCUT2D eigenvalue weighted by molar-refractivity contribution is 0.0534. The fourth-order valence-electron chi connectivity index (χ4n) is 3.24. The molecule has 0 spiro atoms. The van der Waals surface area contributed by atoms with Crippen LogP contribution in [0.25, 0.3) is 0 Å². The van der Waals surface area contributed by atoms with Gasteiger partial charge in [0.15, 0.2) is 5.67 Å². The summed E-state index contributed by atoms with van der Waals surface area (Å²) < 4.78 is 31.3. The van der Waals surface area contributed by atoms with E-state index < -0.39 is 33.2 Å². The summed E-state index contributed by atoms with van der Waals surface area (Å²) in [5.74, 6) is -0.536. The summed E-state index contributed by atoms with van der Waals surface area (Å²) in [7, 11) is -1.51. The molecule has 138 valence electrons. The van der Waals surface area contributed by atoms with Crippen LogP contribution in [-0.2, 0) is 17.4 Å². The second kappa shape index (κ2) is 7.05. The summed E-state index contributed by atoms with van der Waals surface area (Å²) in [6, 6.07) is 15.2. The van der Waals surface area contributed by atoms with Gasteiger partial charge in [0, 0.05) is 5.56 Å². The number of halogens is 1. The second-order valence-electron chi connectivity index (χ2n) is 7.69. The van der Waals surface area contributed by atoms with Crippen molar-refractivity contribution in [1.82, 2.24) is 4.72 Å². The van der Waals surface area contributed by atoms with Gasteiger partial charge in [-0.05, 0) is 44.7 Å². The molecule has 0 aromatic heterocycles. The minimum absolute atomic E-state index is 0.0662. The van der Waals surface area contributed by atoms with Gasteiger partial charge in [0.05, 0.1) is 21.8 Å². The van der Waals surface area contributed by atoms with Crippen LogP contribution >= 0.6 is 0 Å². The molecule has 3 nitrogen and oxygen atoms in total. The zero-order valence-electron chi connectivity index (χ0n) is 15.3. The Bertz CT molecular complexity index is 831. The first kappa shape index (κ1) is 18.9. The van der Waals surface area contributed by atoms with Crippen LogP contribution in [0.2, 0.25) is 0 Å². The molecular formula is C21H24FNO2S. The Morgan fingerprint density at radius 2 is 1.69 bits per heavy atom. The maximum atomic E-state index is 16.2. The molecule has 26 heavy (non-hydrogen) atoms. The molecule has 1 N–H and O–H groups in total. The fraction of sp³-hybridized carbons (Fsp3) is 0.381. The van der Waals surface area contributed by atoms with Crippen molar-refractivity contribution in [1.29, 1.82) is 0 Å². The van der Waals surface area contributed by atoms with E-state index in [4.69, 9.17) is 0 Å². The van der Waals surface area contributed by atoms with E-state index in [-0.39, 0.29) is 6.42 Å². The van der Waals surface area contributed by atoms with E-state index >= 15 is 4.39 Å². The number of ketones is 1. The normalized spacial score (nSPS) is 22.5. The molecular weight excluding hydrogens is 349 g/mol. The van der Waals surface area contributed by atoms with E-state index in [0.717, 1.165) is 5.56 Å². The van der Waals surface area contributed by atoms with Crippen LogP contribution in [0.5, 0.6) is 0 Å². The number of carbonyl (C=O) groups excluding carboxylic acids is 1. The highest BCUT2D eigenvalue weighted by Crippen LogP contribution is 2.41. The molecule has 0 saturated heterocycles. The predicted molar refractivity (Wildman–Crippen MR) is 103 cm³/mol. The number of benzene rings is 2. The van der Waals surface area contributed by atoms with E-state index in [1.54, 1.807) is 36.4 Å². The lowest BCUT2D eigenvalue weighted by Crippen LogP contribution is -2.51.